The molecule has 104 valence electrons. The Kier molecular flexibility index (Phi) is 4.43. The zero-order chi connectivity index (χ0) is 13.8. The molecule has 4 N–H and O–H groups in total. The molecule has 19 heavy (non-hydrogen) atoms. The van der Waals surface area contributed by atoms with Crippen molar-refractivity contribution in [1.29, 1.82) is 0 Å². The molecular formula is C15H21NO3. The number of aromatic hydroxyl groups is 1. The molecular weight excluding hydrogens is 242 g/mol. The van der Waals surface area contributed by atoms with E-state index in [1.165, 1.54) is 19.3 Å². The zero-order valence-corrected chi connectivity index (χ0v) is 11.0. The van der Waals surface area contributed by atoms with Gasteiger partial charge in [0.15, 0.2) is 0 Å². The second-order valence-corrected chi connectivity index (χ2v) is 5.37. The van der Waals surface area contributed by atoms with E-state index in [0.29, 0.717) is 12.3 Å². The van der Waals surface area contributed by atoms with Gasteiger partial charge in [0.2, 0.25) is 0 Å². The van der Waals surface area contributed by atoms with Gasteiger partial charge >= 0.3 is 5.97 Å². The van der Waals surface area contributed by atoms with Crippen molar-refractivity contribution in [3.05, 3.63) is 29.3 Å². The summed E-state index contributed by atoms with van der Waals surface area (Å²) in [5.74, 6) is -0.312. The predicted octanol–water partition coefficient (Wildman–Crippen LogP) is 2.39. The maximum absolute atomic E-state index is 10.9. The van der Waals surface area contributed by atoms with Gasteiger partial charge in [0.05, 0.1) is 0 Å². The first-order chi connectivity index (χ1) is 9.08. The van der Waals surface area contributed by atoms with Crippen molar-refractivity contribution >= 4 is 5.97 Å². The van der Waals surface area contributed by atoms with Gasteiger partial charge in [-0.3, -0.25) is 4.79 Å². The molecule has 2 rings (SSSR count). The fourth-order valence-corrected chi connectivity index (χ4v) is 2.89. The Morgan fingerprint density at radius 3 is 2.63 bits per heavy atom. The van der Waals surface area contributed by atoms with Crippen LogP contribution in [-0.4, -0.2) is 22.2 Å². The minimum Gasteiger partial charge on any atom is -0.508 e. The van der Waals surface area contributed by atoms with Crippen LogP contribution < -0.4 is 5.73 Å². The van der Waals surface area contributed by atoms with Gasteiger partial charge in [0, 0.05) is 0 Å². The lowest BCUT2D eigenvalue weighted by atomic mass is 9.81. The molecule has 0 aliphatic heterocycles. The Balaban J connectivity index is 2.24. The van der Waals surface area contributed by atoms with Crippen molar-refractivity contribution in [1.82, 2.24) is 0 Å². The highest BCUT2D eigenvalue weighted by molar-refractivity contribution is 5.73. The second kappa shape index (κ2) is 6.06. The van der Waals surface area contributed by atoms with E-state index in [0.717, 1.165) is 24.0 Å². The van der Waals surface area contributed by atoms with Crippen molar-refractivity contribution in [3.63, 3.8) is 0 Å². The molecule has 1 aliphatic rings. The van der Waals surface area contributed by atoms with Crippen LogP contribution in [0, 0.1) is 0 Å². The second-order valence-electron chi connectivity index (χ2n) is 5.37. The molecule has 1 aromatic carbocycles. The maximum Gasteiger partial charge on any atom is 0.320 e. The number of phenols is 1. The SMILES string of the molecule is N[C@@H](Cc1ccc(O)cc1C1CCCCC1)C(=O)O. The third-order valence-electron chi connectivity index (χ3n) is 3.93. The van der Waals surface area contributed by atoms with E-state index in [1.807, 2.05) is 6.07 Å². The molecule has 1 aromatic rings. The molecule has 0 bridgehead atoms. The van der Waals surface area contributed by atoms with Crippen molar-refractivity contribution in [2.75, 3.05) is 0 Å². The molecule has 0 saturated heterocycles. The van der Waals surface area contributed by atoms with Crippen LogP contribution in [0.1, 0.15) is 49.1 Å². The topological polar surface area (TPSA) is 83.5 Å². The largest absolute Gasteiger partial charge is 0.508 e. The number of carbonyl (C=O) groups is 1. The smallest absolute Gasteiger partial charge is 0.320 e. The third kappa shape index (κ3) is 3.47. The molecule has 4 nitrogen and oxygen atoms in total. The Hall–Kier alpha value is -1.55. The van der Waals surface area contributed by atoms with E-state index in [2.05, 4.69) is 0 Å². The number of hydrogen-bond acceptors (Lipinski definition) is 3. The van der Waals surface area contributed by atoms with E-state index >= 15 is 0 Å². The third-order valence-corrected chi connectivity index (χ3v) is 3.93. The summed E-state index contributed by atoms with van der Waals surface area (Å²) in [5.41, 5.74) is 7.66. The Morgan fingerprint density at radius 1 is 1.32 bits per heavy atom. The van der Waals surface area contributed by atoms with Crippen molar-refractivity contribution < 1.29 is 15.0 Å². The number of aliphatic carboxylic acids is 1. The van der Waals surface area contributed by atoms with Crippen molar-refractivity contribution in [2.24, 2.45) is 5.73 Å². The lowest BCUT2D eigenvalue weighted by Crippen LogP contribution is -2.32. The molecule has 0 radical (unpaired) electrons. The van der Waals surface area contributed by atoms with Crippen LogP contribution in [0.3, 0.4) is 0 Å². The molecule has 1 fully saturated rings. The number of carboxylic acids is 1. The van der Waals surface area contributed by atoms with E-state index in [-0.39, 0.29) is 5.75 Å². The van der Waals surface area contributed by atoms with Crippen molar-refractivity contribution in [3.8, 4) is 5.75 Å². The molecule has 1 aliphatic carbocycles. The number of nitrogens with two attached hydrogens (primary N) is 1. The van der Waals surface area contributed by atoms with Gasteiger partial charge in [-0.15, -0.1) is 0 Å². The molecule has 0 aromatic heterocycles. The van der Waals surface area contributed by atoms with Gasteiger partial charge in [0.25, 0.3) is 0 Å². The number of phenolic OH excluding ortho intramolecular Hbond substituents is 1. The fourth-order valence-electron chi connectivity index (χ4n) is 2.89. The Labute approximate surface area is 113 Å². The summed E-state index contributed by atoms with van der Waals surface area (Å²) < 4.78 is 0. The first-order valence-corrected chi connectivity index (χ1v) is 6.88. The lowest BCUT2D eigenvalue weighted by Gasteiger charge is -2.25. The number of carboxylic acid groups (broad SMARTS) is 1. The van der Waals surface area contributed by atoms with Crippen LogP contribution in [-0.2, 0) is 11.2 Å². The summed E-state index contributed by atoms with van der Waals surface area (Å²) in [6.07, 6.45) is 6.20. The van der Waals surface area contributed by atoms with Gasteiger partial charge in [-0.25, -0.2) is 0 Å². The van der Waals surface area contributed by atoms with E-state index in [9.17, 15) is 9.90 Å². The summed E-state index contributed by atoms with van der Waals surface area (Å²) in [5, 5.41) is 18.6. The zero-order valence-electron chi connectivity index (χ0n) is 11.0. The molecule has 0 amide bonds. The van der Waals surface area contributed by atoms with Gasteiger partial charge in [-0.2, -0.15) is 0 Å². The van der Waals surface area contributed by atoms with Gasteiger partial charge in [-0.05, 0) is 48.4 Å². The van der Waals surface area contributed by atoms with Crippen LogP contribution in [0.25, 0.3) is 0 Å². The molecule has 1 atom stereocenters. The first kappa shape index (κ1) is 13.9. The fraction of sp³-hybridized carbons (Fsp3) is 0.533. The van der Waals surface area contributed by atoms with E-state index in [1.54, 1.807) is 12.1 Å². The van der Waals surface area contributed by atoms with Gasteiger partial charge in [-0.1, -0.05) is 25.3 Å². The highest BCUT2D eigenvalue weighted by Crippen LogP contribution is 2.36. The summed E-state index contributed by atoms with van der Waals surface area (Å²) >= 11 is 0. The average molecular weight is 263 g/mol. The minimum atomic E-state index is -0.984. The standard InChI is InChI=1S/C15H21NO3/c16-14(15(18)19)8-11-6-7-12(17)9-13(11)10-4-2-1-3-5-10/h6-7,9-10,14,17H,1-5,8,16H2,(H,18,19)/t14-/m0/s1. The van der Waals surface area contributed by atoms with E-state index in [4.69, 9.17) is 10.8 Å². The summed E-state index contributed by atoms with van der Waals surface area (Å²) in [6, 6.07) is 4.31. The molecule has 0 heterocycles. The highest BCUT2D eigenvalue weighted by atomic mass is 16.4. The Bertz CT molecular complexity index is 453. The highest BCUT2D eigenvalue weighted by Gasteiger charge is 2.21. The number of hydrogen-bond donors (Lipinski definition) is 3. The van der Waals surface area contributed by atoms with Crippen LogP contribution in [0.4, 0.5) is 0 Å². The minimum absolute atomic E-state index is 0.244. The first-order valence-electron chi connectivity index (χ1n) is 6.88. The average Bonchev–Trinajstić information content (AvgIpc) is 2.41. The van der Waals surface area contributed by atoms with Crippen LogP contribution in [0.5, 0.6) is 5.75 Å². The molecule has 0 unspecified atom stereocenters. The van der Waals surface area contributed by atoms with Crippen LogP contribution in [0.2, 0.25) is 0 Å². The van der Waals surface area contributed by atoms with E-state index < -0.39 is 12.0 Å². The molecule has 4 heteroatoms. The normalized spacial score (nSPS) is 18.2. The quantitative estimate of drug-likeness (QED) is 0.778. The van der Waals surface area contributed by atoms with Crippen LogP contribution in [0.15, 0.2) is 18.2 Å². The summed E-state index contributed by atoms with van der Waals surface area (Å²) in [7, 11) is 0. The molecule has 1 saturated carbocycles. The summed E-state index contributed by atoms with van der Waals surface area (Å²) in [4.78, 5) is 10.9. The predicted molar refractivity (Wildman–Crippen MR) is 73.2 cm³/mol. The number of benzene rings is 1. The maximum atomic E-state index is 10.9. The number of rotatable bonds is 4. The monoisotopic (exact) mass is 263 g/mol. The molecule has 0 spiro atoms. The lowest BCUT2D eigenvalue weighted by molar-refractivity contribution is -0.138. The Morgan fingerprint density at radius 2 is 2.00 bits per heavy atom. The van der Waals surface area contributed by atoms with Gasteiger partial charge in [0.1, 0.15) is 11.8 Å². The van der Waals surface area contributed by atoms with Gasteiger partial charge < -0.3 is 15.9 Å². The van der Waals surface area contributed by atoms with Crippen LogP contribution >= 0.6 is 0 Å². The van der Waals surface area contributed by atoms with Crippen molar-refractivity contribution in [2.45, 2.75) is 50.5 Å². The summed E-state index contributed by atoms with van der Waals surface area (Å²) in [6.45, 7) is 0.